The molecule has 0 aliphatic rings. The molecule has 0 unspecified atom stereocenters. The van der Waals surface area contributed by atoms with Gasteiger partial charge in [0.25, 0.3) is 5.91 Å². The van der Waals surface area contributed by atoms with Crippen molar-refractivity contribution in [1.82, 2.24) is 20.4 Å². The van der Waals surface area contributed by atoms with Gasteiger partial charge in [-0.1, -0.05) is 30.0 Å². The normalized spacial score (nSPS) is 11.1. The number of carbonyl (C=O) groups excluding carboxylic acids is 1. The van der Waals surface area contributed by atoms with Crippen LogP contribution >= 0.6 is 11.8 Å². The molecule has 0 spiro atoms. The first-order chi connectivity index (χ1) is 10.8. The van der Waals surface area contributed by atoms with Crippen LogP contribution in [0.1, 0.15) is 5.56 Å². The first-order valence-corrected chi connectivity index (χ1v) is 7.59. The molecule has 7 heteroatoms. The molecular formula is C15H13N5OS. The summed E-state index contributed by atoms with van der Waals surface area (Å²) in [4.78, 5) is 23.2. The summed E-state index contributed by atoms with van der Waals surface area (Å²) in [5.74, 6) is 0.0510. The predicted molar refractivity (Wildman–Crippen MR) is 86.8 cm³/mol. The van der Waals surface area contributed by atoms with Crippen LogP contribution in [0, 0.1) is 0 Å². The van der Waals surface area contributed by atoms with Crippen molar-refractivity contribution in [3.63, 3.8) is 0 Å². The average molecular weight is 311 g/mol. The number of thioether (sulfide) groups is 1. The lowest BCUT2D eigenvalue weighted by molar-refractivity contribution is -0.118. The second kappa shape index (κ2) is 6.86. The number of H-pyrrole nitrogens is 1. The molecule has 0 aliphatic heterocycles. The minimum atomic E-state index is -0.189. The molecule has 2 heterocycles. The number of amides is 1. The smallest absolute Gasteiger partial charge is 0.250 e. The number of hydrazone groups is 1. The number of rotatable bonds is 5. The van der Waals surface area contributed by atoms with Crippen LogP contribution in [-0.4, -0.2) is 32.8 Å². The van der Waals surface area contributed by atoms with Gasteiger partial charge in [0.2, 0.25) is 0 Å². The second-order valence-electron chi connectivity index (χ2n) is 4.43. The fraction of sp³-hybridized carbons (Fsp3) is 0.0667. The number of para-hydroxylation sites is 2. The van der Waals surface area contributed by atoms with Gasteiger partial charge >= 0.3 is 0 Å². The zero-order valence-corrected chi connectivity index (χ0v) is 12.4. The molecule has 1 amide bonds. The van der Waals surface area contributed by atoms with E-state index >= 15 is 0 Å². The molecule has 0 saturated heterocycles. The van der Waals surface area contributed by atoms with E-state index in [0.29, 0.717) is 5.16 Å². The Labute approximate surface area is 131 Å². The summed E-state index contributed by atoms with van der Waals surface area (Å²) < 4.78 is 0. The van der Waals surface area contributed by atoms with Crippen LogP contribution in [0.15, 0.2) is 59.0 Å². The second-order valence-corrected chi connectivity index (χ2v) is 5.39. The highest BCUT2D eigenvalue weighted by molar-refractivity contribution is 7.99. The third kappa shape index (κ3) is 3.70. The van der Waals surface area contributed by atoms with E-state index in [-0.39, 0.29) is 11.7 Å². The molecule has 3 rings (SSSR count). The third-order valence-corrected chi connectivity index (χ3v) is 3.67. The molecule has 0 atom stereocenters. The van der Waals surface area contributed by atoms with E-state index in [1.54, 1.807) is 24.7 Å². The number of pyridine rings is 1. The fourth-order valence-corrected chi connectivity index (χ4v) is 2.47. The summed E-state index contributed by atoms with van der Waals surface area (Å²) in [5.41, 5.74) is 5.15. The molecule has 0 bridgehead atoms. The summed E-state index contributed by atoms with van der Waals surface area (Å²) in [6, 6.07) is 11.4. The molecular weight excluding hydrogens is 298 g/mol. The Hall–Kier alpha value is -2.67. The number of aromatic nitrogens is 3. The van der Waals surface area contributed by atoms with Crippen molar-refractivity contribution < 1.29 is 4.79 Å². The summed E-state index contributed by atoms with van der Waals surface area (Å²) >= 11 is 1.34. The minimum Gasteiger partial charge on any atom is -0.333 e. The lowest BCUT2D eigenvalue weighted by atomic mass is 10.3. The van der Waals surface area contributed by atoms with E-state index in [1.165, 1.54) is 11.8 Å². The number of fused-ring (bicyclic) bond motifs is 1. The average Bonchev–Trinajstić information content (AvgIpc) is 2.97. The van der Waals surface area contributed by atoms with Crippen molar-refractivity contribution in [1.29, 1.82) is 0 Å². The molecule has 1 aromatic carbocycles. The Morgan fingerprint density at radius 2 is 2.23 bits per heavy atom. The van der Waals surface area contributed by atoms with Gasteiger partial charge in [0, 0.05) is 18.0 Å². The monoisotopic (exact) mass is 311 g/mol. The van der Waals surface area contributed by atoms with Gasteiger partial charge in [0.15, 0.2) is 5.16 Å². The molecule has 0 radical (unpaired) electrons. The van der Waals surface area contributed by atoms with Gasteiger partial charge in [0.1, 0.15) is 0 Å². The first kappa shape index (κ1) is 14.3. The van der Waals surface area contributed by atoms with Crippen molar-refractivity contribution in [2.24, 2.45) is 5.10 Å². The van der Waals surface area contributed by atoms with Crippen molar-refractivity contribution >= 4 is 34.9 Å². The van der Waals surface area contributed by atoms with E-state index in [0.717, 1.165) is 16.6 Å². The maximum absolute atomic E-state index is 11.7. The topological polar surface area (TPSA) is 83.0 Å². The number of nitrogens with zero attached hydrogens (tertiary/aromatic N) is 3. The Morgan fingerprint density at radius 3 is 3.05 bits per heavy atom. The number of imidazole rings is 1. The van der Waals surface area contributed by atoms with Crippen molar-refractivity contribution in [2.45, 2.75) is 5.16 Å². The van der Waals surface area contributed by atoms with E-state index in [1.807, 2.05) is 30.3 Å². The molecule has 2 aromatic heterocycles. The number of hydrogen-bond donors (Lipinski definition) is 2. The Morgan fingerprint density at radius 1 is 1.32 bits per heavy atom. The van der Waals surface area contributed by atoms with Crippen molar-refractivity contribution in [2.75, 3.05) is 5.75 Å². The maximum Gasteiger partial charge on any atom is 0.250 e. The van der Waals surface area contributed by atoms with Crippen LogP contribution in [0.5, 0.6) is 0 Å². The van der Waals surface area contributed by atoms with E-state index in [4.69, 9.17) is 0 Å². The zero-order valence-electron chi connectivity index (χ0n) is 11.6. The number of aromatic amines is 1. The molecule has 22 heavy (non-hydrogen) atoms. The molecule has 2 N–H and O–H groups in total. The summed E-state index contributed by atoms with van der Waals surface area (Å²) in [6.45, 7) is 0. The Balaban J connectivity index is 1.51. The van der Waals surface area contributed by atoms with E-state index in [2.05, 4.69) is 25.5 Å². The van der Waals surface area contributed by atoms with Crippen LogP contribution in [0.25, 0.3) is 11.0 Å². The number of hydrogen-bond acceptors (Lipinski definition) is 5. The van der Waals surface area contributed by atoms with Crippen LogP contribution in [0.3, 0.4) is 0 Å². The molecule has 0 saturated carbocycles. The highest BCUT2D eigenvalue weighted by Gasteiger charge is 2.05. The maximum atomic E-state index is 11.7. The molecule has 6 nitrogen and oxygen atoms in total. The van der Waals surface area contributed by atoms with E-state index < -0.39 is 0 Å². The van der Waals surface area contributed by atoms with Gasteiger partial charge < -0.3 is 4.98 Å². The van der Waals surface area contributed by atoms with Gasteiger partial charge in [-0.15, -0.1) is 0 Å². The SMILES string of the molecule is O=C(CSc1nc2ccccc2[nH]1)NN=Cc1cccnc1. The molecule has 3 aromatic rings. The zero-order chi connectivity index (χ0) is 15.2. The first-order valence-electron chi connectivity index (χ1n) is 6.61. The lowest BCUT2D eigenvalue weighted by Gasteiger charge is -1.97. The molecule has 110 valence electrons. The van der Waals surface area contributed by atoms with Crippen molar-refractivity contribution in [3.8, 4) is 0 Å². The summed E-state index contributed by atoms with van der Waals surface area (Å²) in [7, 11) is 0. The van der Waals surface area contributed by atoms with Crippen LogP contribution in [0.2, 0.25) is 0 Å². The largest absolute Gasteiger partial charge is 0.333 e. The van der Waals surface area contributed by atoms with Gasteiger partial charge in [-0.3, -0.25) is 9.78 Å². The summed E-state index contributed by atoms with van der Waals surface area (Å²) in [5, 5.41) is 4.60. The van der Waals surface area contributed by atoms with Gasteiger partial charge in [-0.05, 0) is 18.2 Å². The van der Waals surface area contributed by atoms with Crippen molar-refractivity contribution in [3.05, 3.63) is 54.4 Å². The predicted octanol–water partition coefficient (Wildman–Crippen LogP) is 2.20. The van der Waals surface area contributed by atoms with E-state index in [9.17, 15) is 4.79 Å². The molecule has 0 aliphatic carbocycles. The lowest BCUT2D eigenvalue weighted by Crippen LogP contribution is -2.19. The highest BCUT2D eigenvalue weighted by atomic mass is 32.2. The summed E-state index contributed by atoms with van der Waals surface area (Å²) in [6.07, 6.45) is 4.90. The van der Waals surface area contributed by atoms with Crippen LogP contribution < -0.4 is 5.43 Å². The van der Waals surface area contributed by atoms with Crippen LogP contribution in [0.4, 0.5) is 0 Å². The highest BCUT2D eigenvalue weighted by Crippen LogP contribution is 2.18. The number of carbonyl (C=O) groups is 1. The third-order valence-electron chi connectivity index (χ3n) is 2.79. The number of benzene rings is 1. The minimum absolute atomic E-state index is 0.189. The fourth-order valence-electron chi connectivity index (χ4n) is 1.80. The number of nitrogens with one attached hydrogen (secondary N) is 2. The standard InChI is InChI=1S/C15H13N5OS/c21-14(20-17-9-11-4-3-7-16-8-11)10-22-15-18-12-5-1-2-6-13(12)19-15/h1-9H,10H2,(H,18,19)(H,20,21). The van der Waals surface area contributed by atoms with Gasteiger partial charge in [0.05, 0.1) is 23.0 Å². The molecule has 0 fully saturated rings. The van der Waals surface area contributed by atoms with Crippen LogP contribution in [-0.2, 0) is 4.79 Å². The quantitative estimate of drug-likeness (QED) is 0.430. The van der Waals surface area contributed by atoms with Gasteiger partial charge in [-0.25, -0.2) is 10.4 Å². The Kier molecular flexibility index (Phi) is 4.45. The Bertz CT molecular complexity index is 767. The van der Waals surface area contributed by atoms with Gasteiger partial charge in [-0.2, -0.15) is 5.10 Å².